The van der Waals surface area contributed by atoms with E-state index in [0.29, 0.717) is 0 Å². The molecule has 0 atom stereocenters. The fraction of sp³-hybridized carbons (Fsp3) is 0. The summed E-state index contributed by atoms with van der Waals surface area (Å²) in [5.74, 6) is 8.11. The Morgan fingerprint density at radius 1 is 0.938 bits per heavy atom. The number of nitrogens with two attached hydrogens (primary N) is 2. The Morgan fingerprint density at radius 3 is 1.50 bits per heavy atom. The lowest BCUT2D eigenvalue weighted by Gasteiger charge is -2.06. The van der Waals surface area contributed by atoms with E-state index in [1.165, 1.54) is 0 Å². The minimum absolute atomic E-state index is 0.228. The average Bonchev–Trinajstić information content (AvgIpc) is 2.30. The molecule has 10 heteroatoms. The molecule has 86 valence electrons. The Labute approximate surface area is 99.2 Å². The van der Waals surface area contributed by atoms with E-state index in [0.717, 1.165) is 0 Å². The number of aromatic nitrogens is 2. The number of hydrazine groups is 2. The normalized spacial score (nSPS) is 9.75. The highest BCUT2D eigenvalue weighted by molar-refractivity contribution is 6.40. The summed E-state index contributed by atoms with van der Waals surface area (Å²) in [5, 5.41) is -0.456. The minimum atomic E-state index is -0.843. The van der Waals surface area contributed by atoms with Crippen molar-refractivity contribution in [2.75, 3.05) is 0 Å². The van der Waals surface area contributed by atoms with Crippen LogP contribution in [0.4, 0.5) is 0 Å². The van der Waals surface area contributed by atoms with E-state index in [-0.39, 0.29) is 21.7 Å². The first-order valence-electron chi connectivity index (χ1n) is 3.76. The third-order valence-corrected chi connectivity index (χ3v) is 2.13. The molecule has 0 saturated carbocycles. The molecule has 0 fully saturated rings. The standard InChI is InChI=1S/C6H6Cl2N6O2/c7-3-4(8)12-2(6(16)14-10)1(11-3)5(15)13-9/h9-10H2,(H,13,15)(H,14,16). The number of hydrogen-bond acceptors (Lipinski definition) is 6. The van der Waals surface area contributed by atoms with Gasteiger partial charge in [-0.25, -0.2) is 21.7 Å². The van der Waals surface area contributed by atoms with Crippen LogP contribution >= 0.6 is 23.2 Å². The second kappa shape index (κ2) is 5.03. The zero-order valence-corrected chi connectivity index (χ0v) is 9.13. The van der Waals surface area contributed by atoms with Crippen molar-refractivity contribution in [2.24, 2.45) is 11.7 Å². The average molecular weight is 265 g/mol. The summed E-state index contributed by atoms with van der Waals surface area (Å²) in [4.78, 5) is 29.7. The Morgan fingerprint density at radius 2 is 1.25 bits per heavy atom. The Kier molecular flexibility index (Phi) is 3.96. The predicted molar refractivity (Wildman–Crippen MR) is 55.4 cm³/mol. The second-order valence-corrected chi connectivity index (χ2v) is 3.17. The molecular weight excluding hydrogens is 259 g/mol. The highest BCUT2D eigenvalue weighted by Gasteiger charge is 2.22. The maximum absolute atomic E-state index is 11.3. The number of amides is 2. The molecule has 0 spiro atoms. The van der Waals surface area contributed by atoms with Gasteiger partial charge in [0, 0.05) is 0 Å². The highest BCUT2D eigenvalue weighted by Crippen LogP contribution is 2.18. The van der Waals surface area contributed by atoms with Crippen LogP contribution in [0, 0.1) is 0 Å². The molecule has 0 radical (unpaired) electrons. The van der Waals surface area contributed by atoms with Crippen LogP contribution < -0.4 is 22.5 Å². The number of halogens is 2. The van der Waals surface area contributed by atoms with Gasteiger partial charge in [-0.05, 0) is 0 Å². The lowest BCUT2D eigenvalue weighted by atomic mass is 10.3. The molecule has 0 saturated heterocycles. The number of nitrogens with zero attached hydrogens (tertiary/aromatic N) is 2. The summed E-state index contributed by atoms with van der Waals surface area (Å²) < 4.78 is 0. The molecule has 1 rings (SSSR count). The van der Waals surface area contributed by atoms with E-state index in [4.69, 9.17) is 34.9 Å². The van der Waals surface area contributed by atoms with Crippen molar-refractivity contribution in [2.45, 2.75) is 0 Å². The molecule has 0 aliphatic heterocycles. The van der Waals surface area contributed by atoms with Gasteiger partial charge in [-0.1, -0.05) is 23.2 Å². The van der Waals surface area contributed by atoms with Crippen LogP contribution in [0.2, 0.25) is 10.3 Å². The molecule has 8 nitrogen and oxygen atoms in total. The number of nitrogens with one attached hydrogen (secondary N) is 2. The molecule has 0 aliphatic rings. The predicted octanol–water partition coefficient (Wildman–Crippen LogP) is -1.01. The number of carbonyl (C=O) groups excluding carboxylic acids is 2. The zero-order valence-electron chi connectivity index (χ0n) is 7.62. The fourth-order valence-electron chi connectivity index (χ4n) is 0.848. The van der Waals surface area contributed by atoms with Gasteiger partial charge in [0.05, 0.1) is 0 Å². The molecule has 16 heavy (non-hydrogen) atoms. The van der Waals surface area contributed by atoms with Gasteiger partial charge in [0.1, 0.15) is 0 Å². The molecule has 1 aromatic rings. The van der Waals surface area contributed by atoms with E-state index in [1.807, 2.05) is 0 Å². The summed E-state index contributed by atoms with van der Waals surface area (Å²) >= 11 is 11.1. The van der Waals surface area contributed by atoms with Gasteiger partial charge in [0.2, 0.25) is 0 Å². The van der Waals surface area contributed by atoms with Crippen LogP contribution in [0.1, 0.15) is 21.0 Å². The second-order valence-electron chi connectivity index (χ2n) is 2.45. The molecule has 0 unspecified atom stereocenters. The van der Waals surface area contributed by atoms with E-state index in [1.54, 1.807) is 10.9 Å². The molecular formula is C6H6Cl2N6O2. The van der Waals surface area contributed by atoms with Gasteiger partial charge in [-0.2, -0.15) is 0 Å². The van der Waals surface area contributed by atoms with Crippen molar-refractivity contribution < 1.29 is 9.59 Å². The van der Waals surface area contributed by atoms with Crippen LogP contribution in [-0.2, 0) is 0 Å². The quantitative estimate of drug-likeness (QED) is 0.307. The smallest absolute Gasteiger partial charge is 0.286 e. The third-order valence-electron chi connectivity index (χ3n) is 1.51. The van der Waals surface area contributed by atoms with Gasteiger partial charge >= 0.3 is 0 Å². The van der Waals surface area contributed by atoms with Crippen LogP contribution in [0.15, 0.2) is 0 Å². The van der Waals surface area contributed by atoms with E-state index < -0.39 is 11.8 Å². The van der Waals surface area contributed by atoms with E-state index >= 15 is 0 Å². The number of hydrogen-bond donors (Lipinski definition) is 4. The molecule has 2 amide bonds. The maximum atomic E-state index is 11.3. The van der Waals surface area contributed by atoms with Crippen molar-refractivity contribution in [3.63, 3.8) is 0 Å². The van der Waals surface area contributed by atoms with Crippen LogP contribution in [0.3, 0.4) is 0 Å². The van der Waals surface area contributed by atoms with Crippen LogP contribution in [0.5, 0.6) is 0 Å². The maximum Gasteiger partial charge on any atom is 0.286 e. The molecule has 6 N–H and O–H groups in total. The van der Waals surface area contributed by atoms with Gasteiger partial charge in [0.25, 0.3) is 11.8 Å². The SMILES string of the molecule is NNC(=O)c1nc(Cl)c(Cl)nc1C(=O)NN. The lowest BCUT2D eigenvalue weighted by Crippen LogP contribution is -2.36. The lowest BCUT2D eigenvalue weighted by molar-refractivity contribution is 0.0911. The van der Waals surface area contributed by atoms with Gasteiger partial charge in [0.15, 0.2) is 21.7 Å². The number of rotatable bonds is 2. The van der Waals surface area contributed by atoms with Crippen molar-refractivity contribution in [3.8, 4) is 0 Å². The zero-order chi connectivity index (χ0) is 12.3. The summed E-state index contributed by atoms with van der Waals surface area (Å²) in [6.45, 7) is 0. The first-order chi connectivity index (χ1) is 7.51. The fourth-order valence-corrected chi connectivity index (χ4v) is 1.10. The van der Waals surface area contributed by atoms with Crippen molar-refractivity contribution in [1.82, 2.24) is 20.8 Å². The molecule has 0 bridgehead atoms. The van der Waals surface area contributed by atoms with E-state index in [9.17, 15) is 9.59 Å². The van der Waals surface area contributed by atoms with Crippen molar-refractivity contribution in [3.05, 3.63) is 21.7 Å². The van der Waals surface area contributed by atoms with Gasteiger partial charge in [-0.15, -0.1) is 0 Å². The Hall–Kier alpha value is -1.48. The van der Waals surface area contributed by atoms with Crippen molar-refractivity contribution in [1.29, 1.82) is 0 Å². The summed E-state index contributed by atoms with van der Waals surface area (Å²) in [5.41, 5.74) is 2.82. The largest absolute Gasteiger partial charge is 0.289 e. The first kappa shape index (κ1) is 12.6. The van der Waals surface area contributed by atoms with Gasteiger partial charge < -0.3 is 0 Å². The van der Waals surface area contributed by atoms with Gasteiger partial charge in [-0.3, -0.25) is 20.4 Å². The highest BCUT2D eigenvalue weighted by atomic mass is 35.5. The number of nitrogen functional groups attached to an aromatic ring is 2. The molecule has 0 aromatic carbocycles. The monoisotopic (exact) mass is 264 g/mol. The van der Waals surface area contributed by atoms with Crippen molar-refractivity contribution >= 4 is 35.0 Å². The third kappa shape index (κ3) is 2.36. The summed E-state index contributed by atoms with van der Waals surface area (Å²) in [7, 11) is 0. The Bertz CT molecular complexity index is 410. The summed E-state index contributed by atoms with van der Waals surface area (Å²) in [6, 6.07) is 0. The molecule has 1 heterocycles. The van der Waals surface area contributed by atoms with Crippen LogP contribution in [-0.4, -0.2) is 21.8 Å². The topological polar surface area (TPSA) is 136 Å². The minimum Gasteiger partial charge on any atom is -0.289 e. The van der Waals surface area contributed by atoms with Crippen LogP contribution in [0.25, 0.3) is 0 Å². The number of carbonyl (C=O) groups is 2. The summed E-state index contributed by atoms with van der Waals surface area (Å²) in [6.07, 6.45) is 0. The Balaban J connectivity index is 3.38. The molecule has 1 aromatic heterocycles. The molecule has 0 aliphatic carbocycles. The van der Waals surface area contributed by atoms with E-state index in [2.05, 4.69) is 9.97 Å². The first-order valence-corrected chi connectivity index (χ1v) is 4.51.